The number of carbonyl (C=O) groups is 2. The van der Waals surface area contributed by atoms with Crippen LogP contribution in [0, 0.1) is 0 Å². The second kappa shape index (κ2) is 7.13. The first-order chi connectivity index (χ1) is 13.0. The van der Waals surface area contributed by atoms with E-state index in [0.717, 1.165) is 37.3 Å². The van der Waals surface area contributed by atoms with Gasteiger partial charge in [-0.25, -0.2) is 0 Å². The summed E-state index contributed by atoms with van der Waals surface area (Å²) >= 11 is 0. The zero-order valence-corrected chi connectivity index (χ0v) is 16.0. The quantitative estimate of drug-likeness (QED) is 0.816. The van der Waals surface area contributed by atoms with Gasteiger partial charge in [0.2, 0.25) is 5.91 Å². The van der Waals surface area contributed by atoms with Crippen molar-refractivity contribution >= 4 is 23.2 Å². The molecule has 0 saturated carbocycles. The third-order valence-electron chi connectivity index (χ3n) is 5.75. The molecule has 27 heavy (non-hydrogen) atoms. The standard InChI is InChI=1S/C20H28N4O3/c1-14-11-23(12-15(2)27-14)18(25)13-24-17-6-4-3-5-16(17)22-20(19(24)26)7-9-21-10-8-20/h3-6,14-15,21-22H,7-13H2,1-2H3/t14-,15+. The lowest BCUT2D eigenvalue weighted by Gasteiger charge is -2.46. The van der Waals surface area contributed by atoms with Gasteiger partial charge in [-0.3, -0.25) is 14.5 Å². The second-order valence-corrected chi connectivity index (χ2v) is 7.92. The van der Waals surface area contributed by atoms with Crippen LogP contribution < -0.4 is 15.5 Å². The molecule has 2 fully saturated rings. The average Bonchev–Trinajstić information content (AvgIpc) is 2.65. The maximum Gasteiger partial charge on any atom is 0.253 e. The Morgan fingerprint density at radius 3 is 2.56 bits per heavy atom. The second-order valence-electron chi connectivity index (χ2n) is 7.92. The van der Waals surface area contributed by atoms with E-state index in [1.807, 2.05) is 43.0 Å². The number of rotatable bonds is 2. The molecule has 2 amide bonds. The highest BCUT2D eigenvalue weighted by Gasteiger charge is 2.47. The number of para-hydroxylation sites is 2. The van der Waals surface area contributed by atoms with Gasteiger partial charge in [0.15, 0.2) is 0 Å². The van der Waals surface area contributed by atoms with Crippen LogP contribution in [0.15, 0.2) is 24.3 Å². The Hall–Kier alpha value is -2.12. The minimum Gasteiger partial charge on any atom is -0.372 e. The molecule has 146 valence electrons. The van der Waals surface area contributed by atoms with Gasteiger partial charge < -0.3 is 20.3 Å². The highest BCUT2D eigenvalue weighted by molar-refractivity contribution is 6.10. The number of morpholine rings is 1. The molecule has 0 aromatic heterocycles. The van der Waals surface area contributed by atoms with E-state index in [1.54, 1.807) is 4.90 Å². The summed E-state index contributed by atoms with van der Waals surface area (Å²) < 4.78 is 5.73. The van der Waals surface area contributed by atoms with Crippen molar-refractivity contribution in [2.45, 2.75) is 44.4 Å². The fourth-order valence-corrected chi connectivity index (χ4v) is 4.46. The molecule has 1 spiro atoms. The van der Waals surface area contributed by atoms with Crippen molar-refractivity contribution in [1.82, 2.24) is 10.2 Å². The van der Waals surface area contributed by atoms with Crippen LogP contribution in [0.25, 0.3) is 0 Å². The third kappa shape index (κ3) is 3.41. The lowest BCUT2D eigenvalue weighted by Crippen LogP contribution is -2.63. The molecule has 3 aliphatic heterocycles. The van der Waals surface area contributed by atoms with Gasteiger partial charge in [0, 0.05) is 13.1 Å². The average molecular weight is 372 g/mol. The molecule has 2 N–H and O–H groups in total. The van der Waals surface area contributed by atoms with Crippen LogP contribution in [0.5, 0.6) is 0 Å². The summed E-state index contributed by atoms with van der Waals surface area (Å²) in [6.45, 7) is 6.76. The molecule has 1 aromatic carbocycles. The number of hydrogen-bond donors (Lipinski definition) is 2. The normalized spacial score (nSPS) is 27.3. The smallest absolute Gasteiger partial charge is 0.253 e. The van der Waals surface area contributed by atoms with Gasteiger partial charge in [-0.05, 0) is 51.9 Å². The Labute approximate surface area is 160 Å². The predicted molar refractivity (Wildman–Crippen MR) is 104 cm³/mol. The third-order valence-corrected chi connectivity index (χ3v) is 5.75. The van der Waals surface area contributed by atoms with Gasteiger partial charge in [-0.15, -0.1) is 0 Å². The topological polar surface area (TPSA) is 73.9 Å². The fraction of sp³-hybridized carbons (Fsp3) is 0.600. The summed E-state index contributed by atoms with van der Waals surface area (Å²) in [6, 6.07) is 7.76. The Balaban J connectivity index is 1.60. The maximum absolute atomic E-state index is 13.5. The van der Waals surface area contributed by atoms with Crippen LogP contribution in [0.2, 0.25) is 0 Å². The number of anilines is 2. The Kier molecular flexibility index (Phi) is 4.82. The monoisotopic (exact) mass is 372 g/mol. The Bertz CT molecular complexity index is 722. The van der Waals surface area contributed by atoms with Crippen LogP contribution in [0.3, 0.4) is 0 Å². The molecule has 4 rings (SSSR count). The number of ether oxygens (including phenoxy) is 1. The van der Waals surface area contributed by atoms with Gasteiger partial charge in [-0.2, -0.15) is 0 Å². The van der Waals surface area contributed by atoms with Crippen molar-refractivity contribution in [3.8, 4) is 0 Å². The number of fused-ring (bicyclic) bond motifs is 1. The van der Waals surface area contributed by atoms with E-state index in [9.17, 15) is 9.59 Å². The molecule has 0 bridgehead atoms. The molecule has 1 aromatic rings. The number of hydrogen-bond acceptors (Lipinski definition) is 5. The van der Waals surface area contributed by atoms with Crippen LogP contribution >= 0.6 is 0 Å². The van der Waals surface area contributed by atoms with Gasteiger partial charge in [0.25, 0.3) is 5.91 Å². The van der Waals surface area contributed by atoms with Crippen LogP contribution in [-0.4, -0.2) is 67.2 Å². The summed E-state index contributed by atoms with van der Waals surface area (Å²) in [5, 5.41) is 6.80. The van der Waals surface area contributed by atoms with Crippen molar-refractivity contribution in [2.75, 3.05) is 42.9 Å². The van der Waals surface area contributed by atoms with Crippen molar-refractivity contribution in [3.63, 3.8) is 0 Å². The predicted octanol–water partition coefficient (Wildman–Crippen LogP) is 1.20. The van der Waals surface area contributed by atoms with Gasteiger partial charge >= 0.3 is 0 Å². The van der Waals surface area contributed by atoms with Crippen molar-refractivity contribution in [1.29, 1.82) is 0 Å². The molecule has 0 aliphatic carbocycles. The Morgan fingerprint density at radius 1 is 1.19 bits per heavy atom. The molecule has 7 nitrogen and oxygen atoms in total. The van der Waals surface area contributed by atoms with Crippen LogP contribution in [0.1, 0.15) is 26.7 Å². The number of nitrogens with one attached hydrogen (secondary N) is 2. The summed E-state index contributed by atoms with van der Waals surface area (Å²) in [6.07, 6.45) is 1.46. The molecule has 0 unspecified atom stereocenters. The number of piperidine rings is 1. The molecule has 3 aliphatic rings. The van der Waals surface area contributed by atoms with Gasteiger partial charge in [0.05, 0.1) is 23.6 Å². The van der Waals surface area contributed by atoms with Gasteiger partial charge in [-0.1, -0.05) is 12.1 Å². The number of carbonyl (C=O) groups excluding carboxylic acids is 2. The first-order valence-electron chi connectivity index (χ1n) is 9.82. The zero-order chi connectivity index (χ0) is 19.0. The largest absolute Gasteiger partial charge is 0.372 e. The molecule has 3 heterocycles. The van der Waals surface area contributed by atoms with Crippen molar-refractivity contribution in [2.24, 2.45) is 0 Å². The van der Waals surface area contributed by atoms with Crippen LogP contribution in [0.4, 0.5) is 11.4 Å². The molecular formula is C20H28N4O3. The number of benzene rings is 1. The van der Waals surface area contributed by atoms with E-state index in [4.69, 9.17) is 4.74 Å². The summed E-state index contributed by atoms with van der Waals surface area (Å²) in [7, 11) is 0. The van der Waals surface area contributed by atoms with E-state index in [0.29, 0.717) is 13.1 Å². The van der Waals surface area contributed by atoms with E-state index < -0.39 is 5.54 Å². The lowest BCUT2D eigenvalue weighted by atomic mass is 9.84. The molecule has 0 radical (unpaired) electrons. The number of nitrogens with zero attached hydrogens (tertiary/aromatic N) is 2. The number of amides is 2. The maximum atomic E-state index is 13.5. The summed E-state index contributed by atoms with van der Waals surface area (Å²) in [5.41, 5.74) is 1.09. The molecule has 7 heteroatoms. The minimum atomic E-state index is -0.620. The SMILES string of the molecule is C[C@@H]1CN(C(=O)CN2C(=O)C3(CCNCC3)Nc3ccccc32)C[C@H](C)O1. The minimum absolute atomic E-state index is 0.00501. The summed E-state index contributed by atoms with van der Waals surface area (Å²) in [4.78, 5) is 30.0. The molecular weight excluding hydrogens is 344 g/mol. The van der Waals surface area contributed by atoms with Gasteiger partial charge in [0.1, 0.15) is 12.1 Å². The summed E-state index contributed by atoms with van der Waals surface area (Å²) in [5.74, 6) is -0.0171. The highest BCUT2D eigenvalue weighted by Crippen LogP contribution is 2.38. The van der Waals surface area contributed by atoms with Crippen molar-refractivity contribution in [3.05, 3.63) is 24.3 Å². The lowest BCUT2D eigenvalue weighted by molar-refractivity contribution is -0.142. The van der Waals surface area contributed by atoms with Crippen molar-refractivity contribution < 1.29 is 14.3 Å². The highest BCUT2D eigenvalue weighted by atomic mass is 16.5. The zero-order valence-electron chi connectivity index (χ0n) is 16.0. The van der Waals surface area contributed by atoms with E-state index in [2.05, 4.69) is 10.6 Å². The Morgan fingerprint density at radius 2 is 1.85 bits per heavy atom. The molecule has 2 atom stereocenters. The van der Waals surface area contributed by atoms with E-state index >= 15 is 0 Å². The van der Waals surface area contributed by atoms with E-state index in [-0.39, 0.29) is 30.6 Å². The molecule has 2 saturated heterocycles. The first-order valence-corrected chi connectivity index (χ1v) is 9.82. The van der Waals surface area contributed by atoms with Crippen LogP contribution in [-0.2, 0) is 14.3 Å². The first kappa shape index (κ1) is 18.3. The fourth-order valence-electron chi connectivity index (χ4n) is 4.46. The van der Waals surface area contributed by atoms with E-state index in [1.165, 1.54) is 0 Å².